The molecule has 1 atom stereocenters. The van der Waals surface area contributed by atoms with Gasteiger partial charge in [-0.1, -0.05) is 34.3 Å². The highest BCUT2D eigenvalue weighted by Gasteiger charge is 2.14. The third-order valence-corrected chi connectivity index (χ3v) is 2.19. The number of halogens is 1. The summed E-state index contributed by atoms with van der Waals surface area (Å²) >= 11 is 2.30. The molecule has 0 saturated heterocycles. The molecule has 0 aromatic rings. The van der Waals surface area contributed by atoms with Crippen LogP contribution >= 0.6 is 22.6 Å². The van der Waals surface area contributed by atoms with E-state index in [0.717, 1.165) is 0 Å². The van der Waals surface area contributed by atoms with E-state index in [9.17, 15) is 0 Å². The SMILES string of the molecule is C=C(I)[C@H](NC(C)C)C(C)C. The lowest BCUT2D eigenvalue weighted by Crippen LogP contribution is -2.38. The second-order valence-corrected chi connectivity index (χ2v) is 4.88. The Morgan fingerprint density at radius 2 is 1.73 bits per heavy atom. The fourth-order valence-electron chi connectivity index (χ4n) is 1.00. The summed E-state index contributed by atoms with van der Waals surface area (Å²) < 4.78 is 1.20. The lowest BCUT2D eigenvalue weighted by Gasteiger charge is -2.23. The average Bonchev–Trinajstić information content (AvgIpc) is 1.81. The second-order valence-electron chi connectivity index (χ2n) is 3.49. The first-order chi connectivity index (χ1) is 4.95. The minimum Gasteiger partial charge on any atom is -0.307 e. The number of hydrogen-bond acceptors (Lipinski definition) is 1. The molecule has 0 aromatic carbocycles. The molecular formula is C9H18IN. The minimum atomic E-state index is 0.454. The van der Waals surface area contributed by atoms with Crippen LogP contribution in [0.2, 0.25) is 0 Å². The van der Waals surface area contributed by atoms with Crippen LogP contribution in [0, 0.1) is 5.92 Å². The van der Waals surface area contributed by atoms with Gasteiger partial charge < -0.3 is 5.32 Å². The smallest absolute Gasteiger partial charge is 0.0397 e. The van der Waals surface area contributed by atoms with Crippen LogP contribution in [0.4, 0.5) is 0 Å². The summed E-state index contributed by atoms with van der Waals surface area (Å²) in [6.45, 7) is 12.7. The molecule has 0 fully saturated rings. The van der Waals surface area contributed by atoms with Gasteiger partial charge in [0.05, 0.1) is 0 Å². The van der Waals surface area contributed by atoms with Gasteiger partial charge in [-0.25, -0.2) is 0 Å². The quantitative estimate of drug-likeness (QED) is 0.772. The number of rotatable bonds is 4. The highest BCUT2D eigenvalue weighted by Crippen LogP contribution is 2.16. The van der Waals surface area contributed by atoms with Crippen LogP contribution < -0.4 is 5.32 Å². The van der Waals surface area contributed by atoms with Gasteiger partial charge in [-0.15, -0.1) is 0 Å². The van der Waals surface area contributed by atoms with Crippen molar-refractivity contribution in [3.63, 3.8) is 0 Å². The zero-order chi connectivity index (χ0) is 9.02. The lowest BCUT2D eigenvalue weighted by atomic mass is 10.0. The fourth-order valence-corrected chi connectivity index (χ4v) is 1.90. The van der Waals surface area contributed by atoms with E-state index in [-0.39, 0.29) is 0 Å². The third kappa shape index (κ3) is 4.80. The van der Waals surface area contributed by atoms with Crippen LogP contribution in [0.1, 0.15) is 27.7 Å². The molecule has 0 aromatic heterocycles. The summed E-state index contributed by atoms with van der Waals surface area (Å²) in [5.74, 6) is 0.627. The predicted octanol–water partition coefficient (Wildman–Crippen LogP) is 2.96. The van der Waals surface area contributed by atoms with Crippen molar-refractivity contribution in [3.05, 3.63) is 10.2 Å². The molecule has 0 aliphatic carbocycles. The monoisotopic (exact) mass is 267 g/mol. The van der Waals surface area contributed by atoms with Gasteiger partial charge >= 0.3 is 0 Å². The maximum absolute atomic E-state index is 3.95. The maximum Gasteiger partial charge on any atom is 0.0397 e. The molecule has 0 spiro atoms. The summed E-state index contributed by atoms with van der Waals surface area (Å²) in [5, 5.41) is 3.47. The zero-order valence-electron chi connectivity index (χ0n) is 7.82. The van der Waals surface area contributed by atoms with Crippen molar-refractivity contribution >= 4 is 22.6 Å². The normalized spacial score (nSPS) is 14.1. The van der Waals surface area contributed by atoms with E-state index in [1.165, 1.54) is 3.58 Å². The molecule has 0 saturated carbocycles. The van der Waals surface area contributed by atoms with E-state index in [1.807, 2.05) is 0 Å². The molecule has 11 heavy (non-hydrogen) atoms. The molecule has 66 valence electrons. The molecule has 0 aliphatic heterocycles. The van der Waals surface area contributed by atoms with Gasteiger partial charge in [-0.05, 0) is 28.5 Å². The summed E-state index contributed by atoms with van der Waals surface area (Å²) in [6, 6.07) is 0.990. The highest BCUT2D eigenvalue weighted by molar-refractivity contribution is 14.1. The molecular weight excluding hydrogens is 249 g/mol. The Labute approximate surface area is 83.8 Å². The summed E-state index contributed by atoms with van der Waals surface area (Å²) in [7, 11) is 0. The topological polar surface area (TPSA) is 12.0 Å². The number of hydrogen-bond donors (Lipinski definition) is 1. The Bertz CT molecular complexity index is 130. The Hall–Kier alpha value is 0.430. The van der Waals surface area contributed by atoms with Crippen molar-refractivity contribution in [3.8, 4) is 0 Å². The average molecular weight is 267 g/mol. The van der Waals surface area contributed by atoms with E-state index < -0.39 is 0 Å². The standard InChI is InChI=1S/C9H18IN/c1-6(2)9(8(5)10)11-7(3)4/h6-7,9,11H,5H2,1-4H3/t9-/m1/s1. The first-order valence-electron chi connectivity index (χ1n) is 4.05. The molecule has 0 aliphatic rings. The van der Waals surface area contributed by atoms with Gasteiger partial charge in [0, 0.05) is 15.7 Å². The van der Waals surface area contributed by atoms with E-state index in [0.29, 0.717) is 18.0 Å². The molecule has 0 amide bonds. The van der Waals surface area contributed by atoms with Crippen molar-refractivity contribution < 1.29 is 0 Å². The Kier molecular flexibility index (Phi) is 5.34. The molecule has 0 unspecified atom stereocenters. The van der Waals surface area contributed by atoms with Gasteiger partial charge in [0.1, 0.15) is 0 Å². The lowest BCUT2D eigenvalue weighted by molar-refractivity contribution is 0.427. The van der Waals surface area contributed by atoms with Crippen molar-refractivity contribution in [2.75, 3.05) is 0 Å². The zero-order valence-corrected chi connectivity index (χ0v) is 9.97. The van der Waals surface area contributed by atoms with Crippen LogP contribution in [0.25, 0.3) is 0 Å². The molecule has 1 nitrogen and oxygen atoms in total. The Morgan fingerprint density at radius 1 is 1.27 bits per heavy atom. The summed E-state index contributed by atoms with van der Waals surface area (Å²) in [5.41, 5.74) is 0. The van der Waals surface area contributed by atoms with E-state index in [1.54, 1.807) is 0 Å². The molecule has 1 N–H and O–H groups in total. The van der Waals surface area contributed by atoms with E-state index >= 15 is 0 Å². The van der Waals surface area contributed by atoms with Crippen LogP contribution in [0.3, 0.4) is 0 Å². The second kappa shape index (κ2) is 5.14. The van der Waals surface area contributed by atoms with Gasteiger partial charge in [-0.3, -0.25) is 0 Å². The first-order valence-corrected chi connectivity index (χ1v) is 5.13. The minimum absolute atomic E-state index is 0.454. The Balaban J connectivity index is 4.01. The van der Waals surface area contributed by atoms with Crippen LogP contribution in [-0.2, 0) is 0 Å². The number of nitrogens with one attached hydrogen (secondary N) is 1. The Morgan fingerprint density at radius 3 is 1.82 bits per heavy atom. The van der Waals surface area contributed by atoms with Crippen molar-refractivity contribution in [1.29, 1.82) is 0 Å². The molecule has 0 heterocycles. The largest absolute Gasteiger partial charge is 0.307 e. The maximum atomic E-state index is 3.95. The van der Waals surface area contributed by atoms with Gasteiger partial charge in [0.2, 0.25) is 0 Å². The summed E-state index contributed by atoms with van der Waals surface area (Å²) in [4.78, 5) is 0. The molecule has 0 rings (SSSR count). The summed E-state index contributed by atoms with van der Waals surface area (Å²) in [6.07, 6.45) is 0. The predicted molar refractivity (Wildman–Crippen MR) is 60.1 cm³/mol. The molecule has 0 bridgehead atoms. The van der Waals surface area contributed by atoms with Crippen molar-refractivity contribution in [2.24, 2.45) is 5.92 Å². The van der Waals surface area contributed by atoms with E-state index in [2.05, 4.69) is 62.2 Å². The van der Waals surface area contributed by atoms with Crippen LogP contribution in [0.15, 0.2) is 10.2 Å². The van der Waals surface area contributed by atoms with Crippen molar-refractivity contribution in [1.82, 2.24) is 5.32 Å². The molecule has 0 radical (unpaired) electrons. The van der Waals surface area contributed by atoms with Gasteiger partial charge in [0.15, 0.2) is 0 Å². The molecule has 2 heteroatoms. The van der Waals surface area contributed by atoms with Gasteiger partial charge in [-0.2, -0.15) is 0 Å². The van der Waals surface area contributed by atoms with Crippen LogP contribution in [0.5, 0.6) is 0 Å². The van der Waals surface area contributed by atoms with Crippen LogP contribution in [-0.4, -0.2) is 12.1 Å². The first kappa shape index (κ1) is 11.4. The highest BCUT2D eigenvalue weighted by atomic mass is 127. The van der Waals surface area contributed by atoms with Gasteiger partial charge in [0.25, 0.3) is 0 Å². The van der Waals surface area contributed by atoms with E-state index in [4.69, 9.17) is 0 Å². The van der Waals surface area contributed by atoms with Crippen molar-refractivity contribution in [2.45, 2.75) is 39.8 Å². The fraction of sp³-hybridized carbons (Fsp3) is 0.778. The third-order valence-electron chi connectivity index (χ3n) is 1.52.